The molecule has 1 aromatic carbocycles. The normalized spacial score (nSPS) is 20.8. The van der Waals surface area contributed by atoms with Gasteiger partial charge in [-0.1, -0.05) is 28.1 Å². The smallest absolute Gasteiger partial charge is 0.254 e. The van der Waals surface area contributed by atoms with Crippen molar-refractivity contribution < 1.29 is 13.2 Å². The summed E-state index contributed by atoms with van der Waals surface area (Å²) in [4.78, 5) is 14.2. The van der Waals surface area contributed by atoms with Gasteiger partial charge in [0.2, 0.25) is 0 Å². The predicted molar refractivity (Wildman–Crippen MR) is 82.8 cm³/mol. The summed E-state index contributed by atoms with van der Waals surface area (Å²) in [7, 11) is -2.98. The molecule has 1 aliphatic heterocycles. The van der Waals surface area contributed by atoms with Crippen LogP contribution in [0.15, 0.2) is 24.3 Å². The fourth-order valence-corrected chi connectivity index (χ4v) is 4.60. The number of amides is 1. The lowest BCUT2D eigenvalue weighted by molar-refractivity contribution is 0.0708. The molecular formula is C14H18BrNO3S. The van der Waals surface area contributed by atoms with Crippen LogP contribution in [-0.2, 0) is 15.2 Å². The van der Waals surface area contributed by atoms with Gasteiger partial charge in [0.15, 0.2) is 9.84 Å². The van der Waals surface area contributed by atoms with Gasteiger partial charge in [0.05, 0.1) is 11.5 Å². The Balaban J connectivity index is 2.16. The first-order valence-corrected chi connectivity index (χ1v) is 9.57. The molecule has 20 heavy (non-hydrogen) atoms. The van der Waals surface area contributed by atoms with Gasteiger partial charge in [0.1, 0.15) is 0 Å². The Kier molecular flexibility index (Phi) is 4.86. The molecule has 110 valence electrons. The fraction of sp³-hybridized carbons (Fsp3) is 0.500. The van der Waals surface area contributed by atoms with E-state index in [0.717, 1.165) is 10.9 Å². The van der Waals surface area contributed by atoms with Gasteiger partial charge in [-0.15, -0.1) is 0 Å². The molecule has 1 atom stereocenters. The minimum atomic E-state index is -2.98. The Bertz CT molecular complexity index is 583. The molecule has 1 unspecified atom stereocenters. The molecule has 0 radical (unpaired) electrons. The third-order valence-corrected chi connectivity index (χ3v) is 6.00. The summed E-state index contributed by atoms with van der Waals surface area (Å²) in [6.45, 7) is 2.41. The third kappa shape index (κ3) is 3.41. The molecule has 0 N–H and O–H groups in total. The highest BCUT2D eigenvalue weighted by atomic mass is 79.9. The van der Waals surface area contributed by atoms with Crippen LogP contribution < -0.4 is 0 Å². The van der Waals surface area contributed by atoms with E-state index in [1.807, 2.05) is 19.1 Å². The molecule has 1 saturated heterocycles. The highest BCUT2D eigenvalue weighted by Crippen LogP contribution is 2.20. The molecule has 0 aliphatic carbocycles. The number of benzene rings is 1. The molecule has 4 nitrogen and oxygen atoms in total. The van der Waals surface area contributed by atoms with Crippen LogP contribution in [0.25, 0.3) is 0 Å². The number of carbonyl (C=O) groups is 1. The molecule has 6 heteroatoms. The van der Waals surface area contributed by atoms with Gasteiger partial charge in [-0.25, -0.2) is 8.42 Å². The van der Waals surface area contributed by atoms with E-state index in [1.54, 1.807) is 17.0 Å². The molecule has 1 amide bonds. The van der Waals surface area contributed by atoms with E-state index >= 15 is 0 Å². The van der Waals surface area contributed by atoms with Crippen LogP contribution in [0.5, 0.6) is 0 Å². The maximum Gasteiger partial charge on any atom is 0.254 e. The second kappa shape index (κ2) is 6.26. The summed E-state index contributed by atoms with van der Waals surface area (Å²) >= 11 is 3.37. The predicted octanol–water partition coefficient (Wildman–Crippen LogP) is 2.23. The second-order valence-electron chi connectivity index (χ2n) is 4.98. The monoisotopic (exact) mass is 359 g/mol. The van der Waals surface area contributed by atoms with Crippen molar-refractivity contribution in [1.82, 2.24) is 4.90 Å². The van der Waals surface area contributed by atoms with Crippen molar-refractivity contribution in [2.75, 3.05) is 18.1 Å². The topological polar surface area (TPSA) is 54.5 Å². The van der Waals surface area contributed by atoms with Crippen LogP contribution in [0.4, 0.5) is 0 Å². The summed E-state index contributed by atoms with van der Waals surface area (Å²) in [5, 5.41) is 0.750. The lowest BCUT2D eigenvalue weighted by atomic mass is 10.1. The number of halogens is 1. The number of rotatable bonds is 4. The maximum absolute atomic E-state index is 12.5. The lowest BCUT2D eigenvalue weighted by Crippen LogP contribution is -2.40. The van der Waals surface area contributed by atoms with Gasteiger partial charge in [-0.2, -0.15) is 0 Å². The summed E-state index contributed by atoms with van der Waals surface area (Å²) in [5.74, 6) is 0.187. The zero-order chi connectivity index (χ0) is 14.8. The van der Waals surface area contributed by atoms with Crippen molar-refractivity contribution in [1.29, 1.82) is 0 Å². The van der Waals surface area contributed by atoms with Crippen molar-refractivity contribution in [2.24, 2.45) is 0 Å². The van der Waals surface area contributed by atoms with Gasteiger partial charge < -0.3 is 4.90 Å². The van der Waals surface area contributed by atoms with E-state index in [4.69, 9.17) is 0 Å². The van der Waals surface area contributed by atoms with Crippen molar-refractivity contribution in [3.05, 3.63) is 35.4 Å². The van der Waals surface area contributed by atoms with E-state index in [9.17, 15) is 13.2 Å². The van der Waals surface area contributed by atoms with Gasteiger partial charge in [-0.05, 0) is 31.0 Å². The number of hydrogen-bond donors (Lipinski definition) is 0. The van der Waals surface area contributed by atoms with Gasteiger partial charge in [0.25, 0.3) is 5.91 Å². The van der Waals surface area contributed by atoms with Crippen molar-refractivity contribution in [3.63, 3.8) is 0 Å². The molecule has 0 saturated carbocycles. The fourth-order valence-electron chi connectivity index (χ4n) is 2.49. The van der Waals surface area contributed by atoms with E-state index in [1.165, 1.54) is 0 Å². The molecule has 0 aromatic heterocycles. The molecule has 1 aliphatic rings. The first-order valence-electron chi connectivity index (χ1n) is 6.63. The van der Waals surface area contributed by atoms with Crippen molar-refractivity contribution in [2.45, 2.75) is 24.7 Å². The Morgan fingerprint density at radius 3 is 2.45 bits per heavy atom. The second-order valence-corrected chi connectivity index (χ2v) is 7.77. The first kappa shape index (κ1) is 15.5. The van der Waals surface area contributed by atoms with E-state index < -0.39 is 9.84 Å². The first-order chi connectivity index (χ1) is 9.46. The molecular weight excluding hydrogens is 342 g/mol. The molecule has 1 fully saturated rings. The number of nitrogens with zero attached hydrogens (tertiary/aromatic N) is 1. The van der Waals surface area contributed by atoms with E-state index in [2.05, 4.69) is 15.9 Å². The van der Waals surface area contributed by atoms with Crippen molar-refractivity contribution in [3.8, 4) is 0 Å². The number of hydrogen-bond acceptors (Lipinski definition) is 3. The van der Waals surface area contributed by atoms with Gasteiger partial charge in [0, 0.05) is 23.5 Å². The Labute approximate surface area is 128 Å². The largest absolute Gasteiger partial charge is 0.335 e. The van der Waals surface area contributed by atoms with Crippen LogP contribution in [0.2, 0.25) is 0 Å². The molecule has 0 spiro atoms. The SMILES string of the molecule is CCN(C(=O)c1ccc(CBr)cc1)C1CCS(=O)(=O)C1. The Morgan fingerprint density at radius 1 is 1.35 bits per heavy atom. The Morgan fingerprint density at radius 2 is 2.00 bits per heavy atom. The molecule has 2 rings (SSSR count). The van der Waals surface area contributed by atoms with E-state index in [0.29, 0.717) is 18.5 Å². The van der Waals surface area contributed by atoms with Crippen LogP contribution in [0.3, 0.4) is 0 Å². The summed E-state index contributed by atoms with van der Waals surface area (Å²) in [5.41, 5.74) is 1.72. The number of alkyl halides is 1. The number of carbonyl (C=O) groups excluding carboxylic acids is 1. The lowest BCUT2D eigenvalue weighted by Gasteiger charge is -2.27. The number of sulfone groups is 1. The minimum absolute atomic E-state index is 0.0873. The standard InChI is InChI=1S/C14H18BrNO3S/c1-2-16(13-7-8-20(18,19)10-13)14(17)12-5-3-11(9-15)4-6-12/h3-6,13H,2,7-10H2,1H3. The molecule has 0 bridgehead atoms. The zero-order valence-corrected chi connectivity index (χ0v) is 13.8. The van der Waals surface area contributed by atoms with Crippen molar-refractivity contribution >= 4 is 31.7 Å². The maximum atomic E-state index is 12.5. The van der Waals surface area contributed by atoms with Gasteiger partial charge >= 0.3 is 0 Å². The minimum Gasteiger partial charge on any atom is -0.335 e. The van der Waals surface area contributed by atoms with Gasteiger partial charge in [-0.3, -0.25) is 4.79 Å². The average molecular weight is 360 g/mol. The van der Waals surface area contributed by atoms with Crippen LogP contribution in [0, 0.1) is 0 Å². The summed E-state index contributed by atoms with van der Waals surface area (Å²) in [6, 6.07) is 7.21. The van der Waals surface area contributed by atoms with E-state index in [-0.39, 0.29) is 23.5 Å². The van der Waals surface area contributed by atoms with Crippen LogP contribution >= 0.6 is 15.9 Å². The highest BCUT2D eigenvalue weighted by Gasteiger charge is 2.34. The third-order valence-electron chi connectivity index (χ3n) is 3.61. The Hall–Kier alpha value is -0.880. The zero-order valence-electron chi connectivity index (χ0n) is 11.4. The quantitative estimate of drug-likeness (QED) is 0.774. The summed E-state index contributed by atoms with van der Waals surface area (Å²) < 4.78 is 23.1. The molecule has 1 aromatic rings. The molecule has 1 heterocycles. The summed E-state index contributed by atoms with van der Waals surface area (Å²) in [6.07, 6.45) is 0.543. The average Bonchev–Trinajstić information content (AvgIpc) is 2.79. The van der Waals surface area contributed by atoms with Crippen LogP contribution in [0.1, 0.15) is 29.3 Å². The van der Waals surface area contributed by atoms with Crippen LogP contribution in [-0.4, -0.2) is 43.3 Å². The highest BCUT2D eigenvalue weighted by molar-refractivity contribution is 9.08.